The molecule has 2 aliphatic rings. The Morgan fingerprint density at radius 3 is 2.82 bits per heavy atom. The molecule has 0 aromatic heterocycles. The monoisotopic (exact) mass is 313 g/mol. The molecule has 2 saturated heterocycles. The van der Waals surface area contributed by atoms with Crippen LogP contribution in [0.15, 0.2) is 12.1 Å². The molecule has 3 rings (SSSR count). The van der Waals surface area contributed by atoms with E-state index >= 15 is 0 Å². The van der Waals surface area contributed by atoms with E-state index in [2.05, 4.69) is 0 Å². The van der Waals surface area contributed by atoms with Gasteiger partial charge in [-0.25, -0.2) is 8.78 Å². The fourth-order valence-corrected chi connectivity index (χ4v) is 3.01. The number of hydrogen-bond donors (Lipinski definition) is 1. The van der Waals surface area contributed by atoms with Gasteiger partial charge in [0.2, 0.25) is 0 Å². The molecule has 0 radical (unpaired) electrons. The number of phenols is 1. The highest BCUT2D eigenvalue weighted by Gasteiger charge is 2.46. The Hall–Kier alpha value is -1.73. The number of fused-ring (bicyclic) bond motifs is 1. The number of carbonyl (C=O) groups is 1. The van der Waals surface area contributed by atoms with Gasteiger partial charge < -0.3 is 19.5 Å². The fourth-order valence-electron chi connectivity index (χ4n) is 3.01. The number of morpholine rings is 1. The molecule has 22 heavy (non-hydrogen) atoms. The summed E-state index contributed by atoms with van der Waals surface area (Å²) in [4.78, 5) is 14.1. The van der Waals surface area contributed by atoms with Gasteiger partial charge in [-0.3, -0.25) is 4.79 Å². The summed E-state index contributed by atoms with van der Waals surface area (Å²) in [7, 11) is 0. The lowest BCUT2D eigenvalue weighted by Crippen LogP contribution is -2.60. The molecular weight excluding hydrogens is 296 g/mol. The summed E-state index contributed by atoms with van der Waals surface area (Å²) in [5.41, 5.74) is -0.993. The fraction of sp³-hybridized carbons (Fsp3) is 0.533. The first kappa shape index (κ1) is 15.2. The quantitative estimate of drug-likeness (QED) is 0.857. The number of rotatable bonds is 1. The molecule has 0 aliphatic carbocycles. The molecule has 120 valence electrons. The number of benzene rings is 1. The van der Waals surface area contributed by atoms with Gasteiger partial charge in [-0.05, 0) is 19.9 Å². The minimum Gasteiger partial charge on any atom is -0.504 e. The van der Waals surface area contributed by atoms with Gasteiger partial charge in [0.25, 0.3) is 5.91 Å². The predicted octanol–water partition coefficient (Wildman–Crippen LogP) is 1.69. The highest BCUT2D eigenvalue weighted by atomic mass is 19.1. The summed E-state index contributed by atoms with van der Waals surface area (Å²) in [5, 5.41) is 9.74. The van der Waals surface area contributed by atoms with Gasteiger partial charge in [0.1, 0.15) is 11.9 Å². The van der Waals surface area contributed by atoms with Crippen molar-refractivity contribution in [1.29, 1.82) is 0 Å². The molecule has 1 N–H and O–H groups in total. The van der Waals surface area contributed by atoms with Crippen molar-refractivity contribution in [1.82, 2.24) is 4.90 Å². The van der Waals surface area contributed by atoms with Crippen molar-refractivity contribution >= 4 is 5.91 Å². The average Bonchev–Trinajstić information content (AvgIpc) is 2.87. The lowest BCUT2D eigenvalue weighted by Gasteiger charge is -2.45. The molecule has 0 spiro atoms. The van der Waals surface area contributed by atoms with Crippen LogP contribution in [0.4, 0.5) is 8.78 Å². The Morgan fingerprint density at radius 2 is 2.09 bits per heavy atom. The first-order valence-corrected chi connectivity index (χ1v) is 7.03. The van der Waals surface area contributed by atoms with Crippen LogP contribution in [0.1, 0.15) is 24.2 Å². The first-order chi connectivity index (χ1) is 10.3. The van der Waals surface area contributed by atoms with Crippen LogP contribution in [0.3, 0.4) is 0 Å². The molecule has 2 fully saturated rings. The first-order valence-electron chi connectivity index (χ1n) is 7.03. The van der Waals surface area contributed by atoms with E-state index in [0.29, 0.717) is 19.3 Å². The summed E-state index contributed by atoms with van der Waals surface area (Å²) in [6, 6.07) is 1.05. The van der Waals surface area contributed by atoms with Crippen LogP contribution in [0.2, 0.25) is 0 Å². The SMILES string of the molecule is CC1(C)CN(C(=O)c2cc(F)cc(F)c2O)[C@@H]2COC[C@H]2O1. The van der Waals surface area contributed by atoms with Crippen LogP contribution in [0, 0.1) is 11.6 Å². The van der Waals surface area contributed by atoms with E-state index in [-0.39, 0.29) is 24.3 Å². The topological polar surface area (TPSA) is 59.0 Å². The van der Waals surface area contributed by atoms with Crippen LogP contribution >= 0.6 is 0 Å². The number of amides is 1. The van der Waals surface area contributed by atoms with Gasteiger partial charge in [-0.15, -0.1) is 0 Å². The van der Waals surface area contributed by atoms with Gasteiger partial charge in [-0.2, -0.15) is 0 Å². The Kier molecular flexibility index (Phi) is 3.57. The average molecular weight is 313 g/mol. The summed E-state index contributed by atoms with van der Waals surface area (Å²) >= 11 is 0. The molecule has 2 heterocycles. The normalized spacial score (nSPS) is 26.8. The van der Waals surface area contributed by atoms with Crippen molar-refractivity contribution in [2.75, 3.05) is 19.8 Å². The summed E-state index contributed by atoms with van der Waals surface area (Å²) in [5.74, 6) is -3.54. The third-order valence-electron chi connectivity index (χ3n) is 3.94. The second kappa shape index (κ2) is 5.17. The van der Waals surface area contributed by atoms with Crippen LogP contribution < -0.4 is 0 Å². The van der Waals surface area contributed by atoms with E-state index in [1.807, 2.05) is 13.8 Å². The van der Waals surface area contributed by atoms with Crippen molar-refractivity contribution in [3.8, 4) is 5.75 Å². The highest BCUT2D eigenvalue weighted by molar-refractivity contribution is 5.97. The maximum atomic E-state index is 13.5. The van der Waals surface area contributed by atoms with Gasteiger partial charge in [0.05, 0.1) is 30.4 Å². The highest BCUT2D eigenvalue weighted by Crippen LogP contribution is 2.32. The van der Waals surface area contributed by atoms with Crippen molar-refractivity contribution < 1.29 is 28.2 Å². The Morgan fingerprint density at radius 1 is 1.36 bits per heavy atom. The largest absolute Gasteiger partial charge is 0.504 e. The number of aromatic hydroxyl groups is 1. The second-order valence-electron chi connectivity index (χ2n) is 6.24. The van der Waals surface area contributed by atoms with Crippen molar-refractivity contribution in [3.05, 3.63) is 29.3 Å². The molecule has 2 atom stereocenters. The predicted molar refractivity (Wildman–Crippen MR) is 72.6 cm³/mol. The molecule has 5 nitrogen and oxygen atoms in total. The lowest BCUT2D eigenvalue weighted by atomic mass is 9.99. The maximum absolute atomic E-state index is 13.5. The number of carbonyl (C=O) groups excluding carboxylic acids is 1. The molecule has 1 aromatic carbocycles. The standard InChI is InChI=1S/C15H17F2NO4/c1-15(2)7-18(11-5-21-6-12(11)22-15)14(20)9-3-8(16)4-10(17)13(9)19/h3-4,11-12,19H,5-7H2,1-2H3/t11-,12-/m1/s1. The second-order valence-corrected chi connectivity index (χ2v) is 6.24. The molecule has 0 bridgehead atoms. The molecular formula is C15H17F2NO4. The molecule has 1 amide bonds. The third kappa shape index (κ3) is 2.55. The Bertz CT molecular complexity index is 620. The lowest BCUT2D eigenvalue weighted by molar-refractivity contribution is -0.137. The summed E-state index contributed by atoms with van der Waals surface area (Å²) in [6.45, 7) is 4.56. The molecule has 2 aliphatic heterocycles. The third-order valence-corrected chi connectivity index (χ3v) is 3.94. The van der Waals surface area contributed by atoms with E-state index < -0.39 is 28.9 Å². The zero-order valence-corrected chi connectivity index (χ0v) is 12.3. The zero-order valence-electron chi connectivity index (χ0n) is 12.3. The van der Waals surface area contributed by atoms with Gasteiger partial charge in [-0.1, -0.05) is 0 Å². The minimum atomic E-state index is -1.16. The van der Waals surface area contributed by atoms with E-state index in [1.54, 1.807) is 0 Å². The Balaban J connectivity index is 1.97. The summed E-state index contributed by atoms with van der Waals surface area (Å²) < 4.78 is 38.1. The number of hydrogen-bond acceptors (Lipinski definition) is 4. The van der Waals surface area contributed by atoms with E-state index in [9.17, 15) is 18.7 Å². The molecule has 7 heteroatoms. The van der Waals surface area contributed by atoms with Gasteiger partial charge in [0, 0.05) is 12.6 Å². The number of halogens is 2. The van der Waals surface area contributed by atoms with Gasteiger partial charge >= 0.3 is 0 Å². The van der Waals surface area contributed by atoms with Crippen LogP contribution in [0.25, 0.3) is 0 Å². The minimum absolute atomic E-state index is 0.244. The van der Waals surface area contributed by atoms with Crippen molar-refractivity contribution in [2.24, 2.45) is 0 Å². The van der Waals surface area contributed by atoms with Crippen LogP contribution in [-0.4, -0.2) is 53.4 Å². The maximum Gasteiger partial charge on any atom is 0.258 e. The Labute approximate surface area is 126 Å². The molecule has 1 aromatic rings. The van der Waals surface area contributed by atoms with E-state index in [4.69, 9.17) is 9.47 Å². The zero-order chi connectivity index (χ0) is 16.1. The number of nitrogens with zero attached hydrogens (tertiary/aromatic N) is 1. The smallest absolute Gasteiger partial charge is 0.258 e. The van der Waals surface area contributed by atoms with E-state index in [1.165, 1.54) is 4.90 Å². The van der Waals surface area contributed by atoms with Crippen LogP contribution in [-0.2, 0) is 9.47 Å². The molecule has 0 unspecified atom stereocenters. The molecule has 0 saturated carbocycles. The van der Waals surface area contributed by atoms with Crippen molar-refractivity contribution in [3.63, 3.8) is 0 Å². The van der Waals surface area contributed by atoms with Gasteiger partial charge in [0.15, 0.2) is 11.6 Å². The van der Waals surface area contributed by atoms with Crippen LogP contribution in [0.5, 0.6) is 5.75 Å². The number of ether oxygens (including phenoxy) is 2. The van der Waals surface area contributed by atoms with Crippen molar-refractivity contribution in [2.45, 2.75) is 31.6 Å². The number of phenolic OH excluding ortho intramolecular Hbond substituents is 1. The van der Waals surface area contributed by atoms with E-state index in [0.717, 1.165) is 6.07 Å². The summed E-state index contributed by atoms with van der Waals surface area (Å²) in [6.07, 6.45) is -0.284.